The third-order valence-electron chi connectivity index (χ3n) is 4.37. The van der Waals surface area contributed by atoms with Gasteiger partial charge in [0, 0.05) is 12.1 Å². The van der Waals surface area contributed by atoms with E-state index in [-0.39, 0.29) is 22.7 Å². The summed E-state index contributed by atoms with van der Waals surface area (Å²) in [5, 5.41) is 27.3. The standard InChI is InChI=1S/C21H16N4O6/c26-20(22-15-10-4-6-12-17(15)24(28)29)19(14-8-2-1-3-9-14)21(27)23-16-11-5-7-13-18(16)25(30)31/h1-13,19H,(H,22,26)(H,23,27). The van der Waals surface area contributed by atoms with Gasteiger partial charge in [0.05, 0.1) is 9.85 Å². The molecule has 3 rings (SSSR count). The number of rotatable bonds is 7. The van der Waals surface area contributed by atoms with Crippen LogP contribution in [-0.2, 0) is 9.59 Å². The quantitative estimate of drug-likeness (QED) is 0.337. The van der Waals surface area contributed by atoms with Gasteiger partial charge in [-0.3, -0.25) is 29.8 Å². The fourth-order valence-corrected chi connectivity index (χ4v) is 2.95. The van der Waals surface area contributed by atoms with E-state index in [4.69, 9.17) is 0 Å². The first-order valence-electron chi connectivity index (χ1n) is 9.02. The molecule has 0 radical (unpaired) electrons. The van der Waals surface area contributed by atoms with Crippen LogP contribution in [0.1, 0.15) is 11.5 Å². The third-order valence-corrected chi connectivity index (χ3v) is 4.37. The summed E-state index contributed by atoms with van der Waals surface area (Å²) in [5.74, 6) is -3.06. The van der Waals surface area contributed by atoms with Gasteiger partial charge in [0.25, 0.3) is 11.4 Å². The van der Waals surface area contributed by atoms with Crippen molar-refractivity contribution < 1.29 is 19.4 Å². The van der Waals surface area contributed by atoms with Crippen LogP contribution in [0.15, 0.2) is 78.9 Å². The Hall–Kier alpha value is -4.60. The van der Waals surface area contributed by atoms with E-state index >= 15 is 0 Å². The number of nitro benzene ring substituents is 2. The summed E-state index contributed by atoms with van der Waals surface area (Å²) in [7, 11) is 0. The van der Waals surface area contributed by atoms with Crippen molar-refractivity contribution in [3.05, 3.63) is 105 Å². The predicted octanol–water partition coefficient (Wildman–Crippen LogP) is 3.86. The maximum atomic E-state index is 13.0. The monoisotopic (exact) mass is 420 g/mol. The number of para-hydroxylation sites is 4. The second-order valence-corrected chi connectivity index (χ2v) is 6.37. The van der Waals surface area contributed by atoms with Gasteiger partial charge >= 0.3 is 0 Å². The van der Waals surface area contributed by atoms with E-state index < -0.39 is 27.6 Å². The number of carbonyl (C=O) groups excluding carboxylic acids is 2. The molecule has 0 aliphatic carbocycles. The molecule has 0 unspecified atom stereocenters. The number of anilines is 2. The molecule has 0 saturated heterocycles. The Labute approximate surface area is 175 Å². The summed E-state index contributed by atoms with van der Waals surface area (Å²) in [4.78, 5) is 47.2. The van der Waals surface area contributed by atoms with E-state index in [0.29, 0.717) is 5.56 Å². The second kappa shape index (κ2) is 9.27. The Kier molecular flexibility index (Phi) is 6.31. The van der Waals surface area contributed by atoms with Gasteiger partial charge in [-0.2, -0.15) is 0 Å². The molecule has 0 atom stereocenters. The van der Waals surface area contributed by atoms with Crippen LogP contribution in [0.25, 0.3) is 0 Å². The van der Waals surface area contributed by atoms with Crippen molar-refractivity contribution in [3.63, 3.8) is 0 Å². The van der Waals surface area contributed by atoms with Crippen LogP contribution in [0.5, 0.6) is 0 Å². The Balaban J connectivity index is 1.95. The minimum Gasteiger partial charge on any atom is -0.319 e. The molecule has 3 aromatic rings. The molecule has 0 bridgehead atoms. The Morgan fingerprint density at radius 3 is 1.45 bits per heavy atom. The van der Waals surface area contributed by atoms with Crippen LogP contribution in [0, 0.1) is 20.2 Å². The van der Waals surface area contributed by atoms with Crippen molar-refractivity contribution in [1.82, 2.24) is 0 Å². The lowest BCUT2D eigenvalue weighted by Gasteiger charge is -2.17. The minimum atomic E-state index is -1.42. The van der Waals surface area contributed by atoms with Crippen LogP contribution in [0.4, 0.5) is 22.7 Å². The van der Waals surface area contributed by atoms with Gasteiger partial charge in [0.1, 0.15) is 17.3 Å². The first-order valence-corrected chi connectivity index (χ1v) is 9.02. The van der Waals surface area contributed by atoms with Crippen LogP contribution < -0.4 is 10.6 Å². The maximum Gasteiger partial charge on any atom is 0.292 e. The summed E-state index contributed by atoms with van der Waals surface area (Å²) in [6.07, 6.45) is 0. The number of benzene rings is 3. The number of nitro groups is 2. The van der Waals surface area contributed by atoms with Crippen molar-refractivity contribution in [2.24, 2.45) is 0 Å². The fraction of sp³-hybridized carbons (Fsp3) is 0.0476. The SMILES string of the molecule is O=C(Nc1ccccc1[N+](=O)[O-])C(C(=O)Nc1ccccc1[N+](=O)[O-])c1ccccc1. The molecule has 0 fully saturated rings. The highest BCUT2D eigenvalue weighted by Crippen LogP contribution is 2.28. The van der Waals surface area contributed by atoms with Crippen LogP contribution >= 0.6 is 0 Å². The van der Waals surface area contributed by atoms with E-state index in [2.05, 4.69) is 10.6 Å². The highest BCUT2D eigenvalue weighted by Gasteiger charge is 2.31. The Morgan fingerprint density at radius 1 is 0.645 bits per heavy atom. The molecule has 0 heterocycles. The van der Waals surface area contributed by atoms with Gasteiger partial charge in [-0.1, -0.05) is 54.6 Å². The van der Waals surface area contributed by atoms with Crippen molar-refractivity contribution in [2.75, 3.05) is 10.6 Å². The van der Waals surface area contributed by atoms with Crippen LogP contribution in [-0.4, -0.2) is 21.7 Å². The molecule has 3 aromatic carbocycles. The highest BCUT2D eigenvalue weighted by atomic mass is 16.6. The van der Waals surface area contributed by atoms with E-state index in [9.17, 15) is 29.8 Å². The summed E-state index contributed by atoms with van der Waals surface area (Å²) in [5.41, 5.74) is -0.493. The average molecular weight is 420 g/mol. The normalized spacial score (nSPS) is 10.4. The molecule has 31 heavy (non-hydrogen) atoms. The molecule has 156 valence electrons. The van der Waals surface area contributed by atoms with Gasteiger partial charge in [0.15, 0.2) is 0 Å². The summed E-state index contributed by atoms with van der Waals surface area (Å²) < 4.78 is 0. The van der Waals surface area contributed by atoms with E-state index in [1.807, 2.05) is 0 Å². The van der Waals surface area contributed by atoms with Crippen molar-refractivity contribution >= 4 is 34.6 Å². The lowest BCUT2D eigenvalue weighted by molar-refractivity contribution is -0.384. The van der Waals surface area contributed by atoms with Crippen molar-refractivity contribution in [2.45, 2.75) is 5.92 Å². The van der Waals surface area contributed by atoms with Gasteiger partial charge in [0.2, 0.25) is 11.8 Å². The molecule has 2 amide bonds. The molecule has 0 spiro atoms. The van der Waals surface area contributed by atoms with Crippen molar-refractivity contribution in [1.29, 1.82) is 0 Å². The third kappa shape index (κ3) is 4.88. The highest BCUT2D eigenvalue weighted by molar-refractivity contribution is 6.15. The zero-order valence-corrected chi connectivity index (χ0v) is 15.9. The lowest BCUT2D eigenvalue weighted by atomic mass is 9.96. The number of hydrogen-bond acceptors (Lipinski definition) is 6. The molecular weight excluding hydrogens is 404 g/mol. The molecule has 2 N–H and O–H groups in total. The zero-order valence-electron chi connectivity index (χ0n) is 15.9. The van der Waals surface area contributed by atoms with E-state index in [0.717, 1.165) is 0 Å². The summed E-state index contributed by atoms with van der Waals surface area (Å²) in [6.45, 7) is 0. The molecule has 10 heteroatoms. The topological polar surface area (TPSA) is 144 Å². The Bertz CT molecular complexity index is 1080. The smallest absolute Gasteiger partial charge is 0.292 e. The number of carbonyl (C=O) groups is 2. The van der Waals surface area contributed by atoms with Gasteiger partial charge in [-0.25, -0.2) is 0 Å². The summed E-state index contributed by atoms with van der Waals surface area (Å²) in [6, 6.07) is 19.1. The van der Waals surface area contributed by atoms with Crippen LogP contribution in [0.3, 0.4) is 0 Å². The van der Waals surface area contributed by atoms with Crippen LogP contribution in [0.2, 0.25) is 0 Å². The maximum absolute atomic E-state index is 13.0. The average Bonchev–Trinajstić information content (AvgIpc) is 2.75. The molecule has 0 aliphatic rings. The fourth-order valence-electron chi connectivity index (χ4n) is 2.95. The molecule has 0 aromatic heterocycles. The minimum absolute atomic E-state index is 0.0723. The molecule has 0 aliphatic heterocycles. The first kappa shape index (κ1) is 21.1. The van der Waals surface area contributed by atoms with E-state index in [1.54, 1.807) is 30.3 Å². The molecule has 10 nitrogen and oxygen atoms in total. The van der Waals surface area contributed by atoms with Gasteiger partial charge < -0.3 is 10.6 Å². The number of nitrogens with zero attached hydrogens (tertiary/aromatic N) is 2. The van der Waals surface area contributed by atoms with Gasteiger partial charge in [-0.15, -0.1) is 0 Å². The molecule has 0 saturated carbocycles. The van der Waals surface area contributed by atoms with Gasteiger partial charge in [-0.05, 0) is 17.7 Å². The first-order chi connectivity index (χ1) is 14.9. The number of hydrogen-bond donors (Lipinski definition) is 2. The predicted molar refractivity (Wildman–Crippen MR) is 113 cm³/mol. The van der Waals surface area contributed by atoms with E-state index in [1.165, 1.54) is 48.5 Å². The zero-order chi connectivity index (χ0) is 22.4. The Morgan fingerprint density at radius 2 is 1.03 bits per heavy atom. The van der Waals surface area contributed by atoms with Crippen molar-refractivity contribution in [3.8, 4) is 0 Å². The number of amides is 2. The lowest BCUT2D eigenvalue weighted by Crippen LogP contribution is -2.32. The second-order valence-electron chi connectivity index (χ2n) is 6.37. The summed E-state index contributed by atoms with van der Waals surface area (Å²) >= 11 is 0. The largest absolute Gasteiger partial charge is 0.319 e. The number of nitrogens with one attached hydrogen (secondary N) is 2. The molecular formula is C21H16N4O6.